The standard InChI is InChI=1S/C37H42N6O6/c1-2-49-27-9-7-26(18-27)30-20-32(41-40-30)38-34(45)17-22-3-5-23(6-4-22)21-42-15-13-24(14-16-42)25-8-10-28-29(19-25)37(48)43(36(28)47)31-11-12-33(44)39-35(31)46/h3-6,8,10,19-20,24,26-27,31H,2,7,9,11-18,21H2,1H3,(H,39,44,46)(H2,38,40,41,45)/t26-,27+,31?/m0/s1. The number of aromatic amines is 1. The number of benzene rings is 2. The summed E-state index contributed by atoms with van der Waals surface area (Å²) in [6.07, 6.45) is 5.71. The fourth-order valence-electron chi connectivity index (χ4n) is 7.78. The number of fused-ring (bicyclic) bond motifs is 1. The average molecular weight is 667 g/mol. The highest BCUT2D eigenvalue weighted by Crippen LogP contribution is 2.36. The first-order chi connectivity index (χ1) is 23.7. The van der Waals surface area contributed by atoms with E-state index in [-0.39, 0.29) is 37.0 Å². The summed E-state index contributed by atoms with van der Waals surface area (Å²) in [6, 6.07) is 14.6. The van der Waals surface area contributed by atoms with Gasteiger partial charge >= 0.3 is 0 Å². The maximum Gasteiger partial charge on any atom is 0.262 e. The van der Waals surface area contributed by atoms with Gasteiger partial charge in [0.25, 0.3) is 11.8 Å². The van der Waals surface area contributed by atoms with Crippen molar-refractivity contribution in [1.29, 1.82) is 0 Å². The Morgan fingerprint density at radius 3 is 2.41 bits per heavy atom. The van der Waals surface area contributed by atoms with E-state index >= 15 is 0 Å². The van der Waals surface area contributed by atoms with Gasteiger partial charge in [0.05, 0.1) is 23.7 Å². The highest BCUT2D eigenvalue weighted by molar-refractivity contribution is 6.23. The van der Waals surface area contributed by atoms with Gasteiger partial charge in [-0.1, -0.05) is 30.3 Å². The van der Waals surface area contributed by atoms with E-state index in [4.69, 9.17) is 4.74 Å². The molecule has 3 aromatic rings. The second kappa shape index (κ2) is 14.0. The highest BCUT2D eigenvalue weighted by atomic mass is 16.5. The number of likely N-dealkylation sites (tertiary alicyclic amines) is 1. The van der Waals surface area contributed by atoms with Crippen molar-refractivity contribution in [2.45, 2.75) is 88.8 Å². The van der Waals surface area contributed by atoms with Crippen molar-refractivity contribution in [3.63, 3.8) is 0 Å². The van der Waals surface area contributed by atoms with Crippen LogP contribution in [0.3, 0.4) is 0 Å². The van der Waals surface area contributed by atoms with Gasteiger partial charge in [0.2, 0.25) is 17.7 Å². The molecule has 0 spiro atoms. The molecule has 12 nitrogen and oxygen atoms in total. The number of hydrogen-bond donors (Lipinski definition) is 3. The van der Waals surface area contributed by atoms with E-state index in [1.807, 2.05) is 37.3 Å². The molecule has 1 saturated carbocycles. The number of rotatable bonds is 10. The summed E-state index contributed by atoms with van der Waals surface area (Å²) < 4.78 is 5.76. The third-order valence-electron chi connectivity index (χ3n) is 10.4. The lowest BCUT2D eigenvalue weighted by atomic mass is 9.87. The summed E-state index contributed by atoms with van der Waals surface area (Å²) in [4.78, 5) is 66.4. The molecule has 3 aliphatic heterocycles. The second-order valence-electron chi connectivity index (χ2n) is 13.6. The molecule has 3 fully saturated rings. The van der Waals surface area contributed by atoms with Gasteiger partial charge in [-0.2, -0.15) is 5.10 Å². The minimum absolute atomic E-state index is 0.0966. The predicted molar refractivity (Wildman–Crippen MR) is 180 cm³/mol. The number of carbonyl (C=O) groups is 5. The minimum Gasteiger partial charge on any atom is -0.378 e. The van der Waals surface area contributed by atoms with E-state index in [2.05, 4.69) is 37.9 Å². The van der Waals surface area contributed by atoms with Crippen molar-refractivity contribution in [1.82, 2.24) is 25.3 Å². The SMILES string of the molecule is CCO[C@@H]1CC[C@H](c2cc(NC(=O)Cc3ccc(CN4CCC(c5ccc6c(c5)C(=O)N(C5CCC(=O)NC5=O)C6=O)CC4)cc3)n[nH]2)C1. The number of nitrogens with zero attached hydrogens (tertiary/aromatic N) is 3. The molecule has 0 bridgehead atoms. The largest absolute Gasteiger partial charge is 0.378 e. The average Bonchev–Trinajstić information content (AvgIpc) is 3.81. The maximum absolute atomic E-state index is 13.3. The molecule has 1 unspecified atom stereocenters. The molecular formula is C37H42N6O6. The summed E-state index contributed by atoms with van der Waals surface area (Å²) >= 11 is 0. The van der Waals surface area contributed by atoms with Crippen molar-refractivity contribution in [2.24, 2.45) is 0 Å². The molecule has 5 amide bonds. The van der Waals surface area contributed by atoms with Gasteiger partial charge < -0.3 is 10.1 Å². The highest BCUT2D eigenvalue weighted by Gasteiger charge is 2.44. The quantitative estimate of drug-likeness (QED) is 0.274. The Kier molecular flexibility index (Phi) is 9.42. The molecule has 7 rings (SSSR count). The Labute approximate surface area is 284 Å². The van der Waals surface area contributed by atoms with Crippen LogP contribution in [-0.2, 0) is 32.1 Å². The summed E-state index contributed by atoms with van der Waals surface area (Å²) in [6.45, 7) is 5.33. The van der Waals surface area contributed by atoms with E-state index in [1.54, 1.807) is 6.07 Å². The first-order valence-corrected chi connectivity index (χ1v) is 17.4. The van der Waals surface area contributed by atoms with Crippen LogP contribution in [0.2, 0.25) is 0 Å². The van der Waals surface area contributed by atoms with Crippen molar-refractivity contribution in [3.05, 3.63) is 82.0 Å². The monoisotopic (exact) mass is 666 g/mol. The number of ether oxygens (including phenoxy) is 1. The van der Waals surface area contributed by atoms with Crippen LogP contribution in [0.5, 0.6) is 0 Å². The van der Waals surface area contributed by atoms with Crippen molar-refractivity contribution < 1.29 is 28.7 Å². The number of H-pyrrole nitrogens is 1. The molecule has 4 heterocycles. The van der Waals surface area contributed by atoms with E-state index in [9.17, 15) is 24.0 Å². The Bertz CT molecular complexity index is 1760. The van der Waals surface area contributed by atoms with Crippen LogP contribution in [0, 0.1) is 0 Å². The fraction of sp³-hybridized carbons (Fsp3) is 0.459. The predicted octanol–water partition coefficient (Wildman–Crippen LogP) is 4.04. The van der Waals surface area contributed by atoms with Crippen LogP contribution in [-0.4, -0.2) is 81.4 Å². The molecule has 49 heavy (non-hydrogen) atoms. The van der Waals surface area contributed by atoms with Crippen molar-refractivity contribution >= 4 is 35.4 Å². The number of nitrogens with one attached hydrogen (secondary N) is 3. The Morgan fingerprint density at radius 2 is 1.65 bits per heavy atom. The van der Waals surface area contributed by atoms with Gasteiger partial charge in [-0.15, -0.1) is 0 Å². The number of carbonyl (C=O) groups excluding carboxylic acids is 5. The Balaban J connectivity index is 0.879. The third kappa shape index (κ3) is 7.06. The molecule has 1 aromatic heterocycles. The minimum atomic E-state index is -0.963. The zero-order chi connectivity index (χ0) is 34.1. The molecule has 2 aromatic carbocycles. The topological polar surface area (TPSA) is 154 Å². The van der Waals surface area contributed by atoms with E-state index < -0.39 is 23.8 Å². The van der Waals surface area contributed by atoms with E-state index in [0.29, 0.717) is 29.0 Å². The van der Waals surface area contributed by atoms with Crippen LogP contribution >= 0.6 is 0 Å². The van der Waals surface area contributed by atoms with Gasteiger partial charge in [0.15, 0.2) is 5.82 Å². The summed E-state index contributed by atoms with van der Waals surface area (Å²) in [5.74, 6) is -0.865. The molecule has 256 valence electrons. The molecule has 0 radical (unpaired) electrons. The lowest BCUT2D eigenvalue weighted by Crippen LogP contribution is -2.54. The molecular weight excluding hydrogens is 624 g/mol. The van der Waals surface area contributed by atoms with Crippen molar-refractivity contribution in [3.8, 4) is 0 Å². The zero-order valence-corrected chi connectivity index (χ0v) is 27.7. The second-order valence-corrected chi connectivity index (χ2v) is 13.6. The molecule has 4 aliphatic rings. The molecule has 1 aliphatic carbocycles. The number of piperidine rings is 2. The van der Waals surface area contributed by atoms with Gasteiger partial charge in [-0.3, -0.25) is 44.2 Å². The number of anilines is 1. The van der Waals surface area contributed by atoms with Crippen LogP contribution < -0.4 is 10.6 Å². The Hall–Kier alpha value is -4.68. The van der Waals surface area contributed by atoms with Crippen LogP contribution in [0.15, 0.2) is 48.5 Å². The van der Waals surface area contributed by atoms with Gasteiger partial charge in [-0.25, -0.2) is 0 Å². The summed E-state index contributed by atoms with van der Waals surface area (Å²) in [7, 11) is 0. The first kappa shape index (κ1) is 32.8. The number of imide groups is 2. The lowest BCUT2D eigenvalue weighted by molar-refractivity contribution is -0.136. The molecule has 3 N–H and O–H groups in total. The van der Waals surface area contributed by atoms with Crippen LogP contribution in [0.25, 0.3) is 0 Å². The number of amides is 5. The van der Waals surface area contributed by atoms with E-state index in [1.165, 1.54) is 5.56 Å². The summed E-state index contributed by atoms with van der Waals surface area (Å²) in [5, 5.41) is 12.6. The van der Waals surface area contributed by atoms with Crippen molar-refractivity contribution in [2.75, 3.05) is 25.0 Å². The van der Waals surface area contributed by atoms with Gasteiger partial charge in [0, 0.05) is 37.3 Å². The Morgan fingerprint density at radius 1 is 0.898 bits per heavy atom. The first-order valence-electron chi connectivity index (χ1n) is 17.4. The number of hydrogen-bond acceptors (Lipinski definition) is 8. The molecule has 3 atom stereocenters. The van der Waals surface area contributed by atoms with Crippen LogP contribution in [0.1, 0.15) is 107 Å². The maximum atomic E-state index is 13.3. The smallest absolute Gasteiger partial charge is 0.262 e. The molecule has 2 saturated heterocycles. The van der Waals surface area contributed by atoms with Gasteiger partial charge in [-0.05, 0) is 93.3 Å². The van der Waals surface area contributed by atoms with Crippen LogP contribution in [0.4, 0.5) is 5.82 Å². The lowest BCUT2D eigenvalue weighted by Gasteiger charge is -2.32. The fourth-order valence-corrected chi connectivity index (χ4v) is 7.78. The summed E-state index contributed by atoms with van der Waals surface area (Å²) in [5.41, 5.74) is 4.82. The normalized spacial score (nSPS) is 23.2. The molecule has 12 heteroatoms. The van der Waals surface area contributed by atoms with Gasteiger partial charge in [0.1, 0.15) is 6.04 Å². The zero-order valence-electron chi connectivity index (χ0n) is 27.7. The van der Waals surface area contributed by atoms with E-state index in [0.717, 1.165) is 80.1 Å². The number of aromatic nitrogens is 2. The third-order valence-corrected chi connectivity index (χ3v) is 10.4.